The van der Waals surface area contributed by atoms with Crippen molar-refractivity contribution in [2.24, 2.45) is 0 Å². The highest BCUT2D eigenvalue weighted by Gasteiger charge is 2.57. The number of carbonyl (C=O) groups is 4. The predicted molar refractivity (Wildman–Crippen MR) is 303 cm³/mol. The lowest BCUT2D eigenvalue weighted by molar-refractivity contribution is -0.369. The van der Waals surface area contributed by atoms with Crippen molar-refractivity contribution in [2.75, 3.05) is 13.2 Å². The van der Waals surface area contributed by atoms with Crippen LogP contribution in [-0.4, -0.2) is 98.5 Å². The number of carbonyl (C=O) groups excluding carboxylic acids is 4. The molecule has 0 N–H and O–H groups in total. The van der Waals surface area contributed by atoms with Gasteiger partial charge in [0.1, 0.15) is 49.8 Å². The number of rotatable bonds is 24. The van der Waals surface area contributed by atoms with E-state index in [-0.39, 0.29) is 49.7 Å². The van der Waals surface area contributed by atoms with E-state index in [1.807, 2.05) is 121 Å². The summed E-state index contributed by atoms with van der Waals surface area (Å²) in [4.78, 5) is 57.0. The van der Waals surface area contributed by atoms with Crippen LogP contribution in [0, 0.1) is 0 Å². The minimum absolute atomic E-state index is 0.0113. The highest BCUT2D eigenvalue weighted by Crippen LogP contribution is 2.37. The Kier molecular flexibility index (Phi) is 20.4. The second-order valence-electron chi connectivity index (χ2n) is 19.7. The average molecular weight is 1120 g/mol. The summed E-state index contributed by atoms with van der Waals surface area (Å²) >= 11 is 0. The molecular weight excluding hydrogens is 1060 g/mol. The van der Waals surface area contributed by atoms with Crippen LogP contribution >= 0.6 is 0 Å². The van der Waals surface area contributed by atoms with E-state index in [1.165, 1.54) is 0 Å². The number of esters is 4. The van der Waals surface area contributed by atoms with Crippen molar-refractivity contribution in [2.45, 2.75) is 87.8 Å². The van der Waals surface area contributed by atoms with Crippen molar-refractivity contribution in [1.29, 1.82) is 0 Å². The number of hydrogen-bond acceptors (Lipinski definition) is 15. The Morgan fingerprint density at radius 1 is 0.289 bits per heavy atom. The van der Waals surface area contributed by atoms with Crippen LogP contribution in [-0.2, 0) is 78.5 Å². The van der Waals surface area contributed by atoms with Crippen LogP contribution in [0.3, 0.4) is 0 Å². The lowest BCUT2D eigenvalue weighted by Crippen LogP contribution is -2.67. The molecule has 0 spiro atoms. The van der Waals surface area contributed by atoms with Gasteiger partial charge in [-0.1, -0.05) is 194 Å². The minimum Gasteiger partial charge on any atom is -0.459 e. The summed E-state index contributed by atoms with van der Waals surface area (Å²) in [6, 6.07) is 71.3. The highest BCUT2D eigenvalue weighted by atomic mass is 16.8. The molecule has 2 aliphatic heterocycles. The van der Waals surface area contributed by atoms with Crippen LogP contribution < -0.4 is 0 Å². The van der Waals surface area contributed by atoms with Gasteiger partial charge in [0, 0.05) is 0 Å². The van der Waals surface area contributed by atoms with E-state index in [4.69, 9.17) is 52.1 Å². The first-order valence-electron chi connectivity index (χ1n) is 27.4. The monoisotopic (exact) mass is 1120 g/mol. The third kappa shape index (κ3) is 15.9. The zero-order chi connectivity index (χ0) is 57.0. The molecule has 0 aliphatic carbocycles. The van der Waals surface area contributed by atoms with Crippen LogP contribution in [0.15, 0.2) is 243 Å². The second-order valence-corrected chi connectivity index (χ2v) is 19.7. The molecule has 0 saturated carbocycles. The van der Waals surface area contributed by atoms with Crippen LogP contribution in [0.25, 0.3) is 0 Å². The van der Waals surface area contributed by atoms with Crippen LogP contribution in [0.5, 0.6) is 0 Å². The Labute approximate surface area is 481 Å². The molecule has 0 amide bonds. The smallest absolute Gasteiger partial charge is 0.338 e. The molecule has 10 rings (SSSR count). The van der Waals surface area contributed by atoms with Gasteiger partial charge in [-0.3, -0.25) is 0 Å². The van der Waals surface area contributed by atoms with Crippen molar-refractivity contribution in [3.05, 3.63) is 287 Å². The minimum atomic E-state index is -1.62. The summed E-state index contributed by atoms with van der Waals surface area (Å²) in [6.07, 6.45) is -13.6. The van der Waals surface area contributed by atoms with Crippen molar-refractivity contribution in [1.82, 2.24) is 0 Å². The number of ether oxygens (including phenoxy) is 11. The van der Waals surface area contributed by atoms with Crippen LogP contribution in [0.2, 0.25) is 0 Å². The van der Waals surface area contributed by atoms with Gasteiger partial charge in [-0.05, 0) is 70.8 Å². The molecule has 2 saturated heterocycles. The van der Waals surface area contributed by atoms with Gasteiger partial charge in [-0.15, -0.1) is 0 Å². The summed E-state index contributed by atoms with van der Waals surface area (Å²) < 4.78 is 73.8. The Morgan fingerprint density at radius 3 is 0.988 bits per heavy atom. The number of hydrogen-bond donors (Lipinski definition) is 0. The molecule has 83 heavy (non-hydrogen) atoms. The van der Waals surface area contributed by atoms with Gasteiger partial charge >= 0.3 is 23.9 Å². The molecular formula is C68H62O15. The van der Waals surface area contributed by atoms with Crippen molar-refractivity contribution < 1.29 is 71.3 Å². The van der Waals surface area contributed by atoms with Gasteiger partial charge in [0.05, 0.1) is 48.7 Å². The molecule has 8 aromatic carbocycles. The van der Waals surface area contributed by atoms with Crippen LogP contribution in [0.4, 0.5) is 0 Å². The largest absolute Gasteiger partial charge is 0.459 e. The molecule has 0 radical (unpaired) electrons. The Bertz CT molecular complexity index is 3250. The van der Waals surface area contributed by atoms with Crippen molar-refractivity contribution in [3.63, 3.8) is 0 Å². The summed E-state index contributed by atoms with van der Waals surface area (Å²) in [6.45, 7) is -0.784. The van der Waals surface area contributed by atoms with Crippen molar-refractivity contribution in [3.8, 4) is 0 Å². The van der Waals surface area contributed by atoms with Crippen LogP contribution in [0.1, 0.15) is 63.7 Å². The molecule has 0 aromatic heterocycles. The van der Waals surface area contributed by atoms with E-state index >= 15 is 0 Å². The molecule has 2 fully saturated rings. The zero-order valence-corrected chi connectivity index (χ0v) is 45.2. The van der Waals surface area contributed by atoms with E-state index in [9.17, 15) is 19.2 Å². The maximum absolute atomic E-state index is 14.7. The van der Waals surface area contributed by atoms with Gasteiger partial charge in [-0.25, -0.2) is 19.2 Å². The maximum atomic E-state index is 14.7. The molecule has 0 bridgehead atoms. The third-order valence-corrected chi connectivity index (χ3v) is 13.9. The van der Waals surface area contributed by atoms with Crippen molar-refractivity contribution >= 4 is 23.9 Å². The quantitative estimate of drug-likeness (QED) is 0.0413. The first-order chi connectivity index (χ1) is 40.8. The van der Waals surface area contributed by atoms with E-state index in [2.05, 4.69) is 0 Å². The molecule has 8 aromatic rings. The summed E-state index contributed by atoms with van der Waals surface area (Å²) in [5.74, 6) is -2.95. The molecule has 2 aliphatic rings. The van der Waals surface area contributed by atoms with Gasteiger partial charge in [0.2, 0.25) is 0 Å². The molecule has 0 unspecified atom stereocenters. The van der Waals surface area contributed by atoms with Gasteiger partial charge in [0.25, 0.3) is 0 Å². The topological polar surface area (TPSA) is 170 Å². The lowest BCUT2D eigenvalue weighted by atomic mass is 9.95. The Morgan fingerprint density at radius 2 is 0.590 bits per heavy atom. The lowest BCUT2D eigenvalue weighted by Gasteiger charge is -2.49. The van der Waals surface area contributed by atoms with E-state index in [0.717, 1.165) is 22.3 Å². The average Bonchev–Trinajstić information content (AvgIpc) is 3.57. The fraction of sp³-hybridized carbons (Fsp3) is 0.235. The first-order valence-corrected chi connectivity index (χ1v) is 27.4. The normalized spacial score (nSPS) is 22.1. The summed E-state index contributed by atoms with van der Waals surface area (Å²) in [5, 5.41) is 0. The standard InChI is InChI=1S/C68H62O15/c69-63(51-33-17-5-18-34-51)76-45-55-57(73-41-47-25-9-1-10-26-47)59(74-42-48-27-11-2-12-28-48)61(75-43-49-29-13-3-14-30-49)68(80-55)83-58-56(46-77-64(70)52-35-19-6-20-36-52)79-67(78-44-50-31-15-4-16-32-50)62(82-66(72)54-39-23-8-24-40-54)60(58)81-65(71)53-37-21-7-22-38-53/h1-40,55-62,67-68H,41-46H2/t55-,56-,57-,58+,59+,60+,61+,62-,67+,68+/m1/s1. The summed E-state index contributed by atoms with van der Waals surface area (Å²) in [7, 11) is 0. The molecule has 2 heterocycles. The third-order valence-electron chi connectivity index (χ3n) is 13.9. The fourth-order valence-electron chi connectivity index (χ4n) is 9.63. The van der Waals surface area contributed by atoms with Gasteiger partial charge in [-0.2, -0.15) is 0 Å². The zero-order valence-electron chi connectivity index (χ0n) is 45.2. The highest BCUT2D eigenvalue weighted by molar-refractivity contribution is 5.91. The van der Waals surface area contributed by atoms with Gasteiger partial charge in [0.15, 0.2) is 24.8 Å². The van der Waals surface area contributed by atoms with Gasteiger partial charge < -0.3 is 52.1 Å². The Hall–Kier alpha value is -8.64. The second kappa shape index (κ2) is 29.4. The summed E-state index contributed by atoms with van der Waals surface area (Å²) in [5.41, 5.74) is 4.08. The first kappa shape index (κ1) is 57.6. The SMILES string of the molecule is O=C(OC[C@H]1O[C@H](OCc2ccccc2)[C@H](OC(=O)c2ccccc2)[C@@H](OC(=O)c2ccccc2)[C@H]1O[C@@H]1O[C@H](COC(=O)c2ccccc2)[C@@H](OCc2ccccc2)[C@H](OCc2ccccc2)[C@@H]1OCc1ccccc1)c1ccccc1. The molecule has 10 atom stereocenters. The molecule has 15 heteroatoms. The fourth-order valence-corrected chi connectivity index (χ4v) is 9.63. The van der Waals surface area contributed by atoms with E-state index in [1.54, 1.807) is 121 Å². The van der Waals surface area contributed by atoms with E-state index < -0.39 is 91.9 Å². The molecule has 15 nitrogen and oxygen atoms in total. The van der Waals surface area contributed by atoms with E-state index in [0.29, 0.717) is 5.56 Å². The number of benzene rings is 8. The Balaban J connectivity index is 1.10. The maximum Gasteiger partial charge on any atom is 0.338 e. The molecule has 424 valence electrons. The predicted octanol–water partition coefficient (Wildman–Crippen LogP) is 11.0.